The minimum absolute atomic E-state index is 0.107. The van der Waals surface area contributed by atoms with Crippen molar-refractivity contribution in [2.75, 3.05) is 17.7 Å². The summed E-state index contributed by atoms with van der Waals surface area (Å²) in [6.45, 7) is -0.648. The Morgan fingerprint density at radius 1 is 1.19 bits per heavy atom. The van der Waals surface area contributed by atoms with Gasteiger partial charge in [-0.05, 0) is 24.3 Å². The molecule has 0 aliphatic rings. The van der Waals surface area contributed by atoms with Crippen molar-refractivity contribution in [3.8, 4) is 0 Å². The first-order chi connectivity index (χ1) is 12.7. The number of hydrogen-bond acceptors (Lipinski definition) is 6. The number of alkyl halides is 2. The van der Waals surface area contributed by atoms with Gasteiger partial charge >= 0.3 is 5.97 Å². The third-order valence-electron chi connectivity index (χ3n) is 2.96. The molecule has 1 amide bonds. The molecule has 0 radical (unpaired) electrons. The molecule has 0 bridgehead atoms. The Bertz CT molecular complexity index is 870. The number of rotatable bonds is 6. The summed E-state index contributed by atoms with van der Waals surface area (Å²) in [5.41, 5.74) is 5.41. The van der Waals surface area contributed by atoms with E-state index in [9.17, 15) is 18.4 Å². The predicted molar refractivity (Wildman–Crippen MR) is 101 cm³/mol. The zero-order valence-corrected chi connectivity index (χ0v) is 16.2. The van der Waals surface area contributed by atoms with Gasteiger partial charge < -0.3 is 15.8 Å². The lowest BCUT2D eigenvalue weighted by molar-refractivity contribution is -0.119. The van der Waals surface area contributed by atoms with Gasteiger partial charge in [-0.1, -0.05) is 46.6 Å². The van der Waals surface area contributed by atoms with Crippen LogP contribution >= 0.6 is 46.6 Å². The Kier molecular flexibility index (Phi) is 7.49. The molecule has 0 aliphatic heterocycles. The summed E-state index contributed by atoms with van der Waals surface area (Å²) >= 11 is 17.7. The highest BCUT2D eigenvalue weighted by Crippen LogP contribution is 2.34. The van der Waals surface area contributed by atoms with Crippen LogP contribution in [-0.4, -0.2) is 29.2 Å². The van der Waals surface area contributed by atoms with Crippen LogP contribution in [0.3, 0.4) is 0 Å². The SMILES string of the molecule is Nc1c(Cl)c(Cl)nc(C(=O)OCC(=O)Nc2ccc(SC(F)F)cc2)c1Cl. The number of ether oxygens (including phenoxy) is 1. The van der Waals surface area contributed by atoms with Crippen LogP contribution in [0.5, 0.6) is 0 Å². The van der Waals surface area contributed by atoms with E-state index in [2.05, 4.69) is 10.3 Å². The number of pyridine rings is 1. The Hall–Kier alpha value is -1.81. The third kappa shape index (κ3) is 5.83. The van der Waals surface area contributed by atoms with Crippen molar-refractivity contribution in [1.29, 1.82) is 0 Å². The van der Waals surface area contributed by atoms with Crippen LogP contribution in [0.15, 0.2) is 29.2 Å². The maximum absolute atomic E-state index is 12.3. The summed E-state index contributed by atoms with van der Waals surface area (Å²) in [4.78, 5) is 27.9. The van der Waals surface area contributed by atoms with E-state index in [0.717, 1.165) is 0 Å². The number of nitrogens with two attached hydrogens (primary N) is 1. The van der Waals surface area contributed by atoms with Crippen LogP contribution < -0.4 is 11.1 Å². The van der Waals surface area contributed by atoms with Gasteiger partial charge in [0.05, 0.1) is 10.7 Å². The van der Waals surface area contributed by atoms with Gasteiger partial charge in [0.1, 0.15) is 5.02 Å². The topological polar surface area (TPSA) is 94.3 Å². The molecule has 1 aromatic heterocycles. The molecule has 2 aromatic rings. The van der Waals surface area contributed by atoms with E-state index >= 15 is 0 Å². The number of hydrogen-bond donors (Lipinski definition) is 2. The second kappa shape index (κ2) is 9.41. The van der Waals surface area contributed by atoms with Crippen LogP contribution in [0.25, 0.3) is 0 Å². The maximum atomic E-state index is 12.3. The number of esters is 1. The number of amides is 1. The summed E-state index contributed by atoms with van der Waals surface area (Å²) in [6, 6.07) is 5.70. The number of thioether (sulfide) groups is 1. The van der Waals surface area contributed by atoms with Gasteiger partial charge in [-0.25, -0.2) is 9.78 Å². The number of anilines is 2. The number of nitrogen functional groups attached to an aromatic ring is 1. The molecule has 2 rings (SSSR count). The summed E-state index contributed by atoms with van der Waals surface area (Å²) in [6.07, 6.45) is 0. The first-order valence-electron chi connectivity index (χ1n) is 7.01. The fourth-order valence-electron chi connectivity index (χ4n) is 1.78. The highest BCUT2D eigenvalue weighted by Gasteiger charge is 2.21. The average molecular weight is 457 g/mol. The Morgan fingerprint density at radius 3 is 2.41 bits per heavy atom. The number of carbonyl (C=O) groups is 2. The van der Waals surface area contributed by atoms with Crippen molar-refractivity contribution < 1.29 is 23.1 Å². The standard InChI is InChI=1S/C15H10Cl3F2N3O3S/c16-9-11(21)10(17)13(18)23-12(9)14(25)26-5-8(24)22-6-1-3-7(4-2-6)27-15(19)20/h1-4,15H,5H2,(H2,21,23)(H,22,24). The minimum atomic E-state index is -2.54. The summed E-state index contributed by atoms with van der Waals surface area (Å²) in [5, 5.41) is 1.84. The molecule has 0 fully saturated rings. The van der Waals surface area contributed by atoms with E-state index in [-0.39, 0.29) is 26.6 Å². The lowest BCUT2D eigenvalue weighted by Crippen LogP contribution is -2.21. The molecular formula is C15H10Cl3F2N3O3S. The molecule has 0 saturated heterocycles. The number of nitrogens with zero attached hydrogens (tertiary/aromatic N) is 1. The average Bonchev–Trinajstić information content (AvgIpc) is 2.62. The second-order valence-corrected chi connectivity index (χ2v) is 7.00. The zero-order valence-electron chi connectivity index (χ0n) is 13.1. The monoisotopic (exact) mass is 455 g/mol. The van der Waals surface area contributed by atoms with Crippen LogP contribution in [0.2, 0.25) is 15.2 Å². The Balaban J connectivity index is 1.95. The largest absolute Gasteiger partial charge is 0.451 e. The Morgan fingerprint density at radius 2 is 1.81 bits per heavy atom. The molecule has 0 unspecified atom stereocenters. The second-order valence-electron chi connectivity index (χ2n) is 4.82. The molecule has 1 aromatic carbocycles. The smallest absolute Gasteiger partial charge is 0.359 e. The highest BCUT2D eigenvalue weighted by molar-refractivity contribution is 7.99. The third-order valence-corrected chi connectivity index (χ3v) is 4.82. The predicted octanol–water partition coefficient (Wildman–Crippen LogP) is 4.73. The molecule has 12 heteroatoms. The molecule has 6 nitrogen and oxygen atoms in total. The van der Waals surface area contributed by atoms with Crippen molar-refractivity contribution >= 4 is 69.8 Å². The van der Waals surface area contributed by atoms with Gasteiger partial charge in [-0.3, -0.25) is 4.79 Å². The van der Waals surface area contributed by atoms with E-state index in [1.54, 1.807) is 0 Å². The van der Waals surface area contributed by atoms with Gasteiger partial charge in [-0.2, -0.15) is 8.78 Å². The normalized spacial score (nSPS) is 10.7. The zero-order chi connectivity index (χ0) is 20.1. The number of nitrogens with one attached hydrogen (secondary N) is 1. The summed E-state index contributed by atoms with van der Waals surface area (Å²) in [5.74, 6) is -4.23. The van der Waals surface area contributed by atoms with E-state index in [1.807, 2.05) is 0 Å². The number of benzene rings is 1. The lowest BCUT2D eigenvalue weighted by atomic mass is 10.3. The molecule has 27 heavy (non-hydrogen) atoms. The fourth-order valence-corrected chi connectivity index (χ4v) is 2.87. The minimum Gasteiger partial charge on any atom is -0.451 e. The number of carbonyl (C=O) groups excluding carboxylic acids is 2. The van der Waals surface area contributed by atoms with Gasteiger partial charge in [0.25, 0.3) is 11.7 Å². The van der Waals surface area contributed by atoms with Crippen molar-refractivity contribution in [2.24, 2.45) is 0 Å². The molecule has 1 heterocycles. The fraction of sp³-hybridized carbons (Fsp3) is 0.133. The van der Waals surface area contributed by atoms with E-state index in [1.165, 1.54) is 24.3 Å². The van der Waals surface area contributed by atoms with Gasteiger partial charge in [0.15, 0.2) is 17.5 Å². The summed E-state index contributed by atoms with van der Waals surface area (Å²) < 4.78 is 29.3. The van der Waals surface area contributed by atoms with Crippen molar-refractivity contribution in [3.05, 3.63) is 45.2 Å². The van der Waals surface area contributed by atoms with E-state index < -0.39 is 24.2 Å². The molecule has 3 N–H and O–H groups in total. The van der Waals surface area contributed by atoms with Gasteiger partial charge in [0.2, 0.25) is 0 Å². The van der Waals surface area contributed by atoms with Crippen molar-refractivity contribution in [2.45, 2.75) is 10.7 Å². The molecule has 0 saturated carbocycles. The first-order valence-corrected chi connectivity index (χ1v) is 9.02. The van der Waals surface area contributed by atoms with Crippen LogP contribution in [-0.2, 0) is 9.53 Å². The van der Waals surface area contributed by atoms with E-state index in [0.29, 0.717) is 22.3 Å². The first kappa shape index (κ1) is 21.5. The summed E-state index contributed by atoms with van der Waals surface area (Å²) in [7, 11) is 0. The van der Waals surface area contributed by atoms with Crippen LogP contribution in [0.1, 0.15) is 10.5 Å². The quantitative estimate of drug-likeness (QED) is 0.371. The molecule has 144 valence electrons. The van der Waals surface area contributed by atoms with Crippen LogP contribution in [0.4, 0.5) is 20.2 Å². The van der Waals surface area contributed by atoms with Gasteiger partial charge in [0, 0.05) is 10.6 Å². The Labute approximate surface area is 171 Å². The highest BCUT2D eigenvalue weighted by atomic mass is 35.5. The van der Waals surface area contributed by atoms with Gasteiger partial charge in [-0.15, -0.1) is 0 Å². The molecule has 0 spiro atoms. The number of aromatic nitrogens is 1. The van der Waals surface area contributed by atoms with Crippen LogP contribution in [0, 0.1) is 0 Å². The van der Waals surface area contributed by atoms with E-state index in [4.69, 9.17) is 45.3 Å². The molecule has 0 atom stereocenters. The number of halogens is 5. The molecular weight excluding hydrogens is 447 g/mol. The molecule has 0 aliphatic carbocycles. The maximum Gasteiger partial charge on any atom is 0.359 e. The van der Waals surface area contributed by atoms with Crippen molar-refractivity contribution in [1.82, 2.24) is 4.98 Å². The lowest BCUT2D eigenvalue weighted by Gasteiger charge is -2.10. The van der Waals surface area contributed by atoms with Crippen molar-refractivity contribution in [3.63, 3.8) is 0 Å².